The Hall–Kier alpha value is -0.510. The maximum atomic E-state index is 6.18. The van der Waals surface area contributed by atoms with Crippen LogP contribution >= 0.6 is 11.8 Å². The lowest BCUT2D eigenvalue weighted by atomic mass is 10.1. The van der Waals surface area contributed by atoms with E-state index in [1.807, 2.05) is 0 Å². The number of fused-ring (bicyclic) bond motifs is 1. The fourth-order valence-electron chi connectivity index (χ4n) is 2.95. The fourth-order valence-corrected chi connectivity index (χ4v) is 4.16. The number of thioether (sulfide) groups is 1. The molecule has 1 aliphatic carbocycles. The third-order valence-corrected chi connectivity index (χ3v) is 5.27. The zero-order valence-corrected chi connectivity index (χ0v) is 10.9. The van der Waals surface area contributed by atoms with Crippen molar-refractivity contribution in [2.75, 3.05) is 12.3 Å². The third-order valence-electron chi connectivity index (χ3n) is 3.88. The molecule has 0 radical (unpaired) electrons. The van der Waals surface area contributed by atoms with Crippen molar-refractivity contribution in [1.82, 2.24) is 5.32 Å². The quantitative estimate of drug-likeness (QED) is 0.863. The third kappa shape index (κ3) is 2.37. The molecule has 0 bridgehead atoms. The van der Waals surface area contributed by atoms with Crippen molar-refractivity contribution >= 4 is 11.8 Å². The lowest BCUT2D eigenvalue weighted by molar-refractivity contribution is 0.494. The highest BCUT2D eigenvalue weighted by Crippen LogP contribution is 2.37. The highest BCUT2D eigenvalue weighted by Gasteiger charge is 2.28. The number of hydrogen-bond acceptors (Lipinski definition) is 3. The summed E-state index contributed by atoms with van der Waals surface area (Å²) in [5, 5.41) is 4.53. The van der Waals surface area contributed by atoms with Gasteiger partial charge in [0.2, 0.25) is 0 Å². The molecule has 0 aromatic heterocycles. The number of hydrogen-bond donors (Lipinski definition) is 2. The minimum absolute atomic E-state index is 0.222. The summed E-state index contributed by atoms with van der Waals surface area (Å²) in [6.07, 6.45) is 3.81. The molecule has 3 heteroatoms. The van der Waals surface area contributed by atoms with Gasteiger partial charge in [-0.25, -0.2) is 0 Å². The predicted octanol–water partition coefficient (Wildman–Crippen LogP) is 2.62. The van der Waals surface area contributed by atoms with Crippen LogP contribution in [0.3, 0.4) is 0 Å². The number of benzene rings is 1. The molecule has 3 unspecified atom stereocenters. The van der Waals surface area contributed by atoms with E-state index < -0.39 is 0 Å². The molecule has 1 fully saturated rings. The Morgan fingerprint density at radius 2 is 2.12 bits per heavy atom. The summed E-state index contributed by atoms with van der Waals surface area (Å²) in [4.78, 5) is 0. The molecule has 1 heterocycles. The Bertz CT molecular complexity index is 388. The molecule has 3 atom stereocenters. The van der Waals surface area contributed by atoms with Crippen molar-refractivity contribution in [2.45, 2.75) is 36.6 Å². The van der Waals surface area contributed by atoms with Crippen molar-refractivity contribution in [2.24, 2.45) is 5.73 Å². The Morgan fingerprint density at radius 1 is 1.29 bits per heavy atom. The first-order chi connectivity index (χ1) is 8.34. The Balaban J connectivity index is 1.65. The minimum Gasteiger partial charge on any atom is -0.324 e. The first kappa shape index (κ1) is 11.6. The number of rotatable bonds is 3. The van der Waals surface area contributed by atoms with E-state index in [0.29, 0.717) is 6.04 Å². The van der Waals surface area contributed by atoms with Crippen molar-refractivity contribution in [1.29, 1.82) is 0 Å². The van der Waals surface area contributed by atoms with Gasteiger partial charge in [-0.3, -0.25) is 0 Å². The van der Waals surface area contributed by atoms with Gasteiger partial charge < -0.3 is 11.1 Å². The molecular formula is C14H20N2S. The average Bonchev–Trinajstić information content (AvgIpc) is 2.96. The van der Waals surface area contributed by atoms with Gasteiger partial charge in [0.1, 0.15) is 0 Å². The topological polar surface area (TPSA) is 38.0 Å². The van der Waals surface area contributed by atoms with Crippen LogP contribution in [-0.4, -0.2) is 17.5 Å². The lowest BCUT2D eigenvalue weighted by Crippen LogP contribution is -2.27. The predicted molar refractivity (Wildman–Crippen MR) is 74.2 cm³/mol. The molecule has 17 heavy (non-hydrogen) atoms. The monoisotopic (exact) mass is 248 g/mol. The smallest absolute Gasteiger partial charge is 0.0342 e. The zero-order valence-electron chi connectivity index (χ0n) is 10.1. The van der Waals surface area contributed by atoms with Crippen LogP contribution in [-0.2, 0) is 0 Å². The van der Waals surface area contributed by atoms with E-state index in [2.05, 4.69) is 41.3 Å². The number of nitrogens with two attached hydrogens (primary N) is 1. The lowest BCUT2D eigenvalue weighted by Gasteiger charge is -2.17. The molecule has 1 aromatic carbocycles. The Morgan fingerprint density at radius 3 is 2.88 bits per heavy atom. The summed E-state index contributed by atoms with van der Waals surface area (Å²) < 4.78 is 0. The standard InChI is InChI=1S/C14H20N2S/c15-13-8-14(12-6-2-1-5-11(12)13)16-9-10-4-3-7-17-10/h1-2,5-6,10,13-14,16H,3-4,7-9,15H2. The van der Waals surface area contributed by atoms with E-state index in [1.54, 1.807) is 0 Å². The Kier molecular flexibility index (Phi) is 3.41. The van der Waals surface area contributed by atoms with Crippen LogP contribution in [0.15, 0.2) is 24.3 Å². The van der Waals surface area contributed by atoms with Crippen LogP contribution in [0.1, 0.15) is 42.5 Å². The highest BCUT2D eigenvalue weighted by atomic mass is 32.2. The summed E-state index contributed by atoms with van der Waals surface area (Å²) in [7, 11) is 0. The highest BCUT2D eigenvalue weighted by molar-refractivity contribution is 8.00. The van der Waals surface area contributed by atoms with Gasteiger partial charge in [-0.15, -0.1) is 0 Å². The molecule has 0 saturated carbocycles. The van der Waals surface area contributed by atoms with Gasteiger partial charge in [-0.2, -0.15) is 11.8 Å². The maximum Gasteiger partial charge on any atom is 0.0342 e. The van der Waals surface area contributed by atoms with Crippen molar-refractivity contribution in [3.05, 3.63) is 35.4 Å². The van der Waals surface area contributed by atoms with Gasteiger partial charge in [0.05, 0.1) is 0 Å². The normalized spacial score (nSPS) is 31.7. The average molecular weight is 248 g/mol. The van der Waals surface area contributed by atoms with Crippen LogP contribution in [0.5, 0.6) is 0 Å². The van der Waals surface area contributed by atoms with Gasteiger partial charge in [0.25, 0.3) is 0 Å². The van der Waals surface area contributed by atoms with Gasteiger partial charge in [-0.1, -0.05) is 24.3 Å². The molecule has 2 nitrogen and oxygen atoms in total. The van der Waals surface area contributed by atoms with Crippen LogP contribution in [0.2, 0.25) is 0 Å². The summed E-state index contributed by atoms with van der Waals surface area (Å²) in [6, 6.07) is 9.31. The van der Waals surface area contributed by atoms with Crippen LogP contribution < -0.4 is 11.1 Å². The van der Waals surface area contributed by atoms with Gasteiger partial charge in [-0.05, 0) is 36.1 Å². The van der Waals surface area contributed by atoms with Crippen LogP contribution in [0, 0.1) is 0 Å². The van der Waals surface area contributed by atoms with E-state index >= 15 is 0 Å². The zero-order chi connectivity index (χ0) is 11.7. The molecule has 1 saturated heterocycles. The summed E-state index contributed by atoms with van der Waals surface area (Å²) in [6.45, 7) is 1.14. The van der Waals surface area contributed by atoms with E-state index in [0.717, 1.165) is 18.2 Å². The van der Waals surface area contributed by atoms with Crippen LogP contribution in [0.25, 0.3) is 0 Å². The second-order valence-electron chi connectivity index (χ2n) is 5.07. The largest absolute Gasteiger partial charge is 0.324 e. The molecule has 1 aliphatic heterocycles. The van der Waals surface area contributed by atoms with E-state index in [1.165, 1.54) is 29.7 Å². The maximum absolute atomic E-state index is 6.18. The molecule has 2 aliphatic rings. The second kappa shape index (κ2) is 5.01. The van der Waals surface area contributed by atoms with E-state index in [4.69, 9.17) is 5.73 Å². The number of nitrogens with one attached hydrogen (secondary N) is 1. The van der Waals surface area contributed by atoms with Gasteiger partial charge >= 0.3 is 0 Å². The SMILES string of the molecule is NC1CC(NCC2CCCS2)c2ccccc21. The van der Waals surface area contributed by atoms with Gasteiger partial charge in [0.15, 0.2) is 0 Å². The summed E-state index contributed by atoms with van der Waals surface area (Å²) in [5.74, 6) is 1.34. The first-order valence-electron chi connectivity index (χ1n) is 6.54. The molecule has 0 amide bonds. The molecule has 0 spiro atoms. The Labute approximate surface area is 107 Å². The van der Waals surface area contributed by atoms with Gasteiger partial charge in [0, 0.05) is 23.9 Å². The summed E-state index contributed by atoms with van der Waals surface area (Å²) >= 11 is 2.11. The molecule has 1 aromatic rings. The fraction of sp³-hybridized carbons (Fsp3) is 0.571. The summed E-state index contributed by atoms with van der Waals surface area (Å²) in [5.41, 5.74) is 8.93. The minimum atomic E-state index is 0.222. The van der Waals surface area contributed by atoms with Crippen LogP contribution in [0.4, 0.5) is 0 Å². The van der Waals surface area contributed by atoms with Crippen molar-refractivity contribution in [3.8, 4) is 0 Å². The van der Waals surface area contributed by atoms with Crippen molar-refractivity contribution < 1.29 is 0 Å². The van der Waals surface area contributed by atoms with E-state index in [9.17, 15) is 0 Å². The molecular weight excluding hydrogens is 228 g/mol. The van der Waals surface area contributed by atoms with Crippen molar-refractivity contribution in [3.63, 3.8) is 0 Å². The second-order valence-corrected chi connectivity index (χ2v) is 6.48. The molecule has 3 N–H and O–H groups in total. The first-order valence-corrected chi connectivity index (χ1v) is 7.59. The molecule has 92 valence electrons. The molecule has 3 rings (SSSR count). The van der Waals surface area contributed by atoms with E-state index in [-0.39, 0.29) is 6.04 Å².